The van der Waals surface area contributed by atoms with Crippen LogP contribution >= 0.6 is 11.6 Å². The van der Waals surface area contributed by atoms with Gasteiger partial charge in [0.1, 0.15) is 39.6 Å². The van der Waals surface area contributed by atoms with Gasteiger partial charge in [-0.05, 0) is 51.5 Å². The molecule has 0 radical (unpaired) electrons. The van der Waals surface area contributed by atoms with Crippen molar-refractivity contribution in [3.8, 4) is 22.8 Å². The van der Waals surface area contributed by atoms with Crippen molar-refractivity contribution in [1.29, 1.82) is 0 Å². The molecule has 0 amide bonds. The Bertz CT molecular complexity index is 1270. The zero-order chi connectivity index (χ0) is 21.6. The highest BCUT2D eigenvalue weighted by molar-refractivity contribution is 6.33. The molecule has 1 aromatic heterocycles. The second kappa shape index (κ2) is 7.33. The molecule has 2 heterocycles. The molecule has 0 aliphatic carbocycles. The summed E-state index contributed by atoms with van der Waals surface area (Å²) in [5, 5.41) is 11.4. The lowest BCUT2D eigenvalue weighted by atomic mass is 9.96. The lowest BCUT2D eigenvalue weighted by molar-refractivity contribution is -0.116. The summed E-state index contributed by atoms with van der Waals surface area (Å²) in [7, 11) is 0. The van der Waals surface area contributed by atoms with Crippen LogP contribution in [0.5, 0.6) is 11.5 Å². The monoisotopic (exact) mass is 424 g/mol. The molecule has 1 aliphatic heterocycles. The van der Waals surface area contributed by atoms with Gasteiger partial charge in [0.2, 0.25) is 0 Å². The molecule has 0 unspecified atom stereocenters. The molecular weight excluding hydrogens is 404 g/mol. The Labute approximate surface area is 178 Å². The van der Waals surface area contributed by atoms with Gasteiger partial charge in [-0.3, -0.25) is 4.79 Å². The molecule has 0 atom stereocenters. The number of Topliss-reactive ketones (excluding diaryl/α,β-unsaturated/α-hetero) is 1. The maximum Gasteiger partial charge on any atom is 0.200 e. The predicted octanol–water partition coefficient (Wildman–Crippen LogP) is 5.52. The minimum absolute atomic E-state index is 0.0483. The van der Waals surface area contributed by atoms with E-state index in [1.807, 2.05) is 19.9 Å². The first-order valence-corrected chi connectivity index (χ1v) is 10.0. The first kappa shape index (κ1) is 20.2. The van der Waals surface area contributed by atoms with Gasteiger partial charge in [0.15, 0.2) is 5.43 Å². The summed E-state index contributed by atoms with van der Waals surface area (Å²) in [6.45, 7) is 5.25. The first-order chi connectivity index (χ1) is 14.2. The Morgan fingerprint density at radius 3 is 2.67 bits per heavy atom. The quantitative estimate of drug-likeness (QED) is 0.596. The summed E-state index contributed by atoms with van der Waals surface area (Å²) in [5.41, 5.74) is 0.546. The average Bonchev–Trinajstić information content (AvgIpc) is 2.66. The number of hydrogen-bond acceptors (Lipinski definition) is 5. The smallest absolute Gasteiger partial charge is 0.200 e. The number of benzene rings is 2. The van der Waals surface area contributed by atoms with Crippen molar-refractivity contribution in [2.45, 2.75) is 39.2 Å². The lowest BCUT2D eigenvalue weighted by Crippen LogP contribution is -2.27. The van der Waals surface area contributed by atoms with Crippen LogP contribution in [-0.4, -0.2) is 16.5 Å². The van der Waals surface area contributed by atoms with Crippen LogP contribution in [0.4, 0.5) is 0 Å². The predicted molar refractivity (Wildman–Crippen MR) is 117 cm³/mol. The van der Waals surface area contributed by atoms with Crippen molar-refractivity contribution >= 4 is 34.4 Å². The Hall–Kier alpha value is -3.05. The molecular formula is C24H21ClO5. The fourth-order valence-electron chi connectivity index (χ4n) is 3.60. The van der Waals surface area contributed by atoms with Gasteiger partial charge >= 0.3 is 0 Å². The number of carbonyl (C=O) groups excluding carboxylic acids is 1. The van der Waals surface area contributed by atoms with Crippen LogP contribution in [0, 0.1) is 0 Å². The number of fused-ring (bicyclic) bond motifs is 2. The van der Waals surface area contributed by atoms with Gasteiger partial charge in [-0.1, -0.05) is 23.7 Å². The highest BCUT2D eigenvalue weighted by atomic mass is 35.5. The van der Waals surface area contributed by atoms with Gasteiger partial charge in [-0.25, -0.2) is 0 Å². The number of phenols is 1. The number of halogens is 1. The Kier molecular flexibility index (Phi) is 4.94. The molecule has 2 aromatic carbocycles. The standard InChI is InChI=1S/C24H21ClO5/c1-13(26)8-9-16-22(28)20-19(29-23(16)14-6-4-5-7-17(14)25)12-18-15(21(20)27)10-11-24(2,3)30-18/h4-7,10-12,27H,8-9H2,1-3H3. The summed E-state index contributed by atoms with van der Waals surface area (Å²) in [5.74, 6) is 0.479. The second-order valence-electron chi connectivity index (χ2n) is 7.97. The SMILES string of the molecule is CC(=O)CCc1c(-c2ccccc2Cl)oc2cc3c(c(O)c2c1=O)C=CC(C)(C)O3. The highest BCUT2D eigenvalue weighted by Gasteiger charge is 2.28. The topological polar surface area (TPSA) is 76.7 Å². The highest BCUT2D eigenvalue weighted by Crippen LogP contribution is 2.42. The maximum absolute atomic E-state index is 13.4. The van der Waals surface area contributed by atoms with Crippen LogP contribution in [0.1, 0.15) is 38.3 Å². The van der Waals surface area contributed by atoms with Crippen LogP contribution in [0.2, 0.25) is 5.02 Å². The molecule has 3 aromatic rings. The fourth-order valence-corrected chi connectivity index (χ4v) is 3.82. The van der Waals surface area contributed by atoms with Gasteiger partial charge in [0, 0.05) is 23.6 Å². The van der Waals surface area contributed by atoms with E-state index in [4.69, 9.17) is 20.8 Å². The molecule has 6 heteroatoms. The molecule has 0 spiro atoms. The largest absolute Gasteiger partial charge is 0.506 e. The van der Waals surface area contributed by atoms with Gasteiger partial charge in [-0.15, -0.1) is 0 Å². The summed E-state index contributed by atoms with van der Waals surface area (Å²) in [6, 6.07) is 8.65. The molecule has 0 fully saturated rings. The molecule has 0 bridgehead atoms. The van der Waals surface area contributed by atoms with Crippen molar-refractivity contribution in [3.63, 3.8) is 0 Å². The zero-order valence-electron chi connectivity index (χ0n) is 16.9. The zero-order valence-corrected chi connectivity index (χ0v) is 17.7. The Morgan fingerprint density at radius 1 is 1.23 bits per heavy atom. The summed E-state index contributed by atoms with van der Waals surface area (Å²) in [6.07, 6.45) is 3.92. The summed E-state index contributed by atoms with van der Waals surface area (Å²) >= 11 is 6.37. The molecule has 0 saturated heterocycles. The van der Waals surface area contributed by atoms with Crippen molar-refractivity contribution in [3.05, 3.63) is 62.8 Å². The van der Waals surface area contributed by atoms with E-state index in [1.165, 1.54) is 6.92 Å². The van der Waals surface area contributed by atoms with Crippen LogP contribution in [0.3, 0.4) is 0 Å². The number of rotatable bonds is 4. The molecule has 154 valence electrons. The van der Waals surface area contributed by atoms with Crippen molar-refractivity contribution in [2.24, 2.45) is 0 Å². The molecule has 4 rings (SSSR count). The van der Waals surface area contributed by atoms with E-state index in [-0.39, 0.29) is 40.8 Å². The minimum Gasteiger partial charge on any atom is -0.506 e. The van der Waals surface area contributed by atoms with E-state index in [2.05, 4.69) is 0 Å². The summed E-state index contributed by atoms with van der Waals surface area (Å²) < 4.78 is 12.1. The molecule has 1 aliphatic rings. The molecule has 0 saturated carbocycles. The van der Waals surface area contributed by atoms with E-state index in [9.17, 15) is 14.7 Å². The average molecular weight is 425 g/mol. The second-order valence-corrected chi connectivity index (χ2v) is 8.38. The molecule has 5 nitrogen and oxygen atoms in total. The normalized spacial score (nSPS) is 14.4. The Balaban J connectivity index is 2.04. The van der Waals surface area contributed by atoms with Gasteiger partial charge in [-0.2, -0.15) is 0 Å². The maximum atomic E-state index is 13.4. The number of phenolic OH excluding ortho intramolecular Hbond substituents is 1. The third kappa shape index (κ3) is 3.50. The third-order valence-corrected chi connectivity index (χ3v) is 5.45. The number of ketones is 1. The van der Waals surface area contributed by atoms with Gasteiger partial charge < -0.3 is 19.1 Å². The van der Waals surface area contributed by atoms with E-state index in [1.54, 1.807) is 36.4 Å². The summed E-state index contributed by atoms with van der Waals surface area (Å²) in [4.78, 5) is 25.0. The Morgan fingerprint density at radius 2 is 1.97 bits per heavy atom. The number of hydrogen-bond donors (Lipinski definition) is 1. The van der Waals surface area contributed by atoms with Crippen molar-refractivity contribution in [1.82, 2.24) is 0 Å². The molecule has 30 heavy (non-hydrogen) atoms. The first-order valence-electron chi connectivity index (χ1n) is 9.66. The van der Waals surface area contributed by atoms with Crippen molar-refractivity contribution < 1.29 is 19.1 Å². The van der Waals surface area contributed by atoms with Crippen molar-refractivity contribution in [2.75, 3.05) is 0 Å². The number of aromatic hydroxyl groups is 1. The van der Waals surface area contributed by atoms with E-state index in [0.29, 0.717) is 33.2 Å². The lowest BCUT2D eigenvalue weighted by Gasteiger charge is -2.28. The van der Waals surface area contributed by atoms with E-state index >= 15 is 0 Å². The fraction of sp³-hybridized carbons (Fsp3) is 0.250. The van der Waals surface area contributed by atoms with Gasteiger partial charge in [0.25, 0.3) is 0 Å². The van der Waals surface area contributed by atoms with Crippen LogP contribution < -0.4 is 10.2 Å². The third-order valence-electron chi connectivity index (χ3n) is 5.12. The van der Waals surface area contributed by atoms with Crippen LogP contribution in [0.25, 0.3) is 28.4 Å². The van der Waals surface area contributed by atoms with Crippen LogP contribution in [-0.2, 0) is 11.2 Å². The number of ether oxygens (including phenoxy) is 1. The van der Waals surface area contributed by atoms with E-state index < -0.39 is 5.60 Å². The minimum atomic E-state index is -0.555. The van der Waals surface area contributed by atoms with Crippen LogP contribution in [0.15, 0.2) is 45.6 Å². The van der Waals surface area contributed by atoms with E-state index in [0.717, 1.165) is 0 Å². The molecule has 1 N–H and O–H groups in total. The number of carbonyl (C=O) groups is 1. The van der Waals surface area contributed by atoms with Gasteiger partial charge in [0.05, 0.1) is 10.6 Å².